The molecule has 1 aromatic carbocycles. The second kappa shape index (κ2) is 7.24. The van der Waals surface area contributed by atoms with Gasteiger partial charge in [0.05, 0.1) is 17.5 Å². The van der Waals surface area contributed by atoms with E-state index in [1.807, 2.05) is 12.1 Å². The minimum Gasteiger partial charge on any atom is -0.379 e. The van der Waals surface area contributed by atoms with Crippen LogP contribution in [0.15, 0.2) is 36.7 Å². The van der Waals surface area contributed by atoms with Gasteiger partial charge in [-0.2, -0.15) is 13.2 Å². The number of aromatic amines is 1. The van der Waals surface area contributed by atoms with E-state index in [0.29, 0.717) is 11.2 Å². The lowest BCUT2D eigenvalue weighted by molar-refractivity contribution is -0.140. The first-order valence-electron chi connectivity index (χ1n) is 9.96. The fraction of sp³-hybridized carbons (Fsp3) is 0.429. The maximum atomic E-state index is 13.2. The number of anilines is 1. The summed E-state index contributed by atoms with van der Waals surface area (Å²) < 4.78 is 45.0. The molecule has 1 saturated heterocycles. The third-order valence-corrected chi connectivity index (χ3v) is 6.19. The summed E-state index contributed by atoms with van der Waals surface area (Å²) in [5, 5.41) is 3.79. The second-order valence-corrected chi connectivity index (χ2v) is 7.90. The molecule has 2 atom stereocenters. The summed E-state index contributed by atoms with van der Waals surface area (Å²) in [7, 11) is 1.72. The highest BCUT2D eigenvalue weighted by Gasteiger charge is 2.40. The van der Waals surface area contributed by atoms with Crippen molar-refractivity contribution in [1.29, 1.82) is 0 Å². The lowest BCUT2D eigenvalue weighted by Crippen LogP contribution is -2.59. The summed E-state index contributed by atoms with van der Waals surface area (Å²) in [6.07, 6.45) is -1.03. The Labute approximate surface area is 171 Å². The van der Waals surface area contributed by atoms with Crippen LogP contribution in [-0.4, -0.2) is 52.2 Å². The average molecular weight is 417 g/mol. The van der Waals surface area contributed by atoms with E-state index in [0.717, 1.165) is 37.6 Å². The molecule has 1 aliphatic heterocycles. The molecule has 6 nitrogen and oxygen atoms in total. The van der Waals surface area contributed by atoms with Gasteiger partial charge in [-0.25, -0.2) is 9.97 Å². The molecule has 158 valence electrons. The minimum absolute atomic E-state index is 0.0879. The van der Waals surface area contributed by atoms with Gasteiger partial charge in [-0.1, -0.05) is 24.3 Å². The third kappa shape index (κ3) is 3.31. The number of rotatable bonds is 4. The molecule has 2 aromatic heterocycles. The topological polar surface area (TPSA) is 66.1 Å². The van der Waals surface area contributed by atoms with E-state index in [-0.39, 0.29) is 23.8 Å². The molecule has 9 heteroatoms. The zero-order valence-corrected chi connectivity index (χ0v) is 16.4. The third-order valence-electron chi connectivity index (χ3n) is 6.19. The molecule has 2 N–H and O–H groups in total. The number of H-pyrrole nitrogens is 1. The Balaban J connectivity index is 1.51. The van der Waals surface area contributed by atoms with Crippen LogP contribution >= 0.6 is 0 Å². The molecule has 2 unspecified atom stereocenters. The number of hydrogen-bond donors (Lipinski definition) is 2. The molecule has 0 radical (unpaired) electrons. The highest BCUT2D eigenvalue weighted by molar-refractivity contribution is 5.88. The van der Waals surface area contributed by atoms with E-state index in [9.17, 15) is 13.2 Å². The van der Waals surface area contributed by atoms with Crippen molar-refractivity contribution in [3.05, 3.63) is 53.5 Å². The van der Waals surface area contributed by atoms with Crippen molar-refractivity contribution < 1.29 is 17.9 Å². The number of benzene rings is 1. The van der Waals surface area contributed by atoms with Crippen LogP contribution in [0.3, 0.4) is 0 Å². The van der Waals surface area contributed by atoms with Gasteiger partial charge in [-0.3, -0.25) is 4.90 Å². The minimum atomic E-state index is -4.47. The van der Waals surface area contributed by atoms with Gasteiger partial charge in [0.15, 0.2) is 0 Å². The summed E-state index contributed by atoms with van der Waals surface area (Å²) in [5.74, 6) is 0.405. The van der Waals surface area contributed by atoms with Gasteiger partial charge in [0.2, 0.25) is 0 Å². The summed E-state index contributed by atoms with van der Waals surface area (Å²) in [6, 6.07) is 9.41. The SMILES string of the molecule is COC1CN(C2CCc3ccccc3C2Nc2ncnc3[nH]c(C(F)(F)F)cc23)C1. The summed E-state index contributed by atoms with van der Waals surface area (Å²) in [4.78, 5) is 13.0. The average Bonchev–Trinajstić information content (AvgIpc) is 3.14. The largest absolute Gasteiger partial charge is 0.431 e. The van der Waals surface area contributed by atoms with Gasteiger partial charge in [-0.05, 0) is 30.0 Å². The second-order valence-electron chi connectivity index (χ2n) is 7.90. The van der Waals surface area contributed by atoms with Crippen LogP contribution in [0.5, 0.6) is 0 Å². The number of nitrogens with zero attached hydrogens (tertiary/aromatic N) is 3. The molecule has 1 fully saturated rings. The molecule has 0 amide bonds. The summed E-state index contributed by atoms with van der Waals surface area (Å²) in [6.45, 7) is 1.70. The van der Waals surface area contributed by atoms with Crippen molar-refractivity contribution in [2.24, 2.45) is 0 Å². The monoisotopic (exact) mass is 417 g/mol. The highest BCUT2D eigenvalue weighted by atomic mass is 19.4. The number of hydrogen-bond acceptors (Lipinski definition) is 5. The van der Waals surface area contributed by atoms with Crippen LogP contribution in [0, 0.1) is 0 Å². The van der Waals surface area contributed by atoms with E-state index in [1.165, 1.54) is 11.9 Å². The lowest BCUT2D eigenvalue weighted by Gasteiger charge is -2.48. The van der Waals surface area contributed by atoms with Crippen molar-refractivity contribution in [1.82, 2.24) is 19.9 Å². The Hall–Kier alpha value is -2.65. The van der Waals surface area contributed by atoms with Crippen molar-refractivity contribution in [3.63, 3.8) is 0 Å². The number of likely N-dealkylation sites (tertiary alicyclic amines) is 1. The molecule has 5 rings (SSSR count). The van der Waals surface area contributed by atoms with Crippen molar-refractivity contribution in [2.45, 2.75) is 37.2 Å². The van der Waals surface area contributed by atoms with Gasteiger partial charge >= 0.3 is 6.18 Å². The molecule has 3 heterocycles. The van der Waals surface area contributed by atoms with Gasteiger partial charge < -0.3 is 15.0 Å². The number of aryl methyl sites for hydroxylation is 1. The number of alkyl halides is 3. The van der Waals surface area contributed by atoms with E-state index < -0.39 is 11.9 Å². The van der Waals surface area contributed by atoms with E-state index >= 15 is 0 Å². The molecule has 0 saturated carbocycles. The van der Waals surface area contributed by atoms with Crippen molar-refractivity contribution in [2.75, 3.05) is 25.5 Å². The zero-order valence-electron chi connectivity index (χ0n) is 16.4. The molecule has 0 bridgehead atoms. The maximum absolute atomic E-state index is 13.2. The van der Waals surface area contributed by atoms with Crippen LogP contribution in [0.4, 0.5) is 19.0 Å². The van der Waals surface area contributed by atoms with Gasteiger partial charge in [0.1, 0.15) is 23.5 Å². The van der Waals surface area contributed by atoms with Crippen LogP contribution < -0.4 is 5.32 Å². The normalized spacial score (nSPS) is 22.7. The number of fused-ring (bicyclic) bond motifs is 2. The molecular weight excluding hydrogens is 395 g/mol. The number of methoxy groups -OCH3 is 1. The number of nitrogens with one attached hydrogen (secondary N) is 2. The van der Waals surface area contributed by atoms with E-state index in [4.69, 9.17) is 4.74 Å². The molecule has 2 aliphatic rings. The fourth-order valence-electron chi connectivity index (χ4n) is 4.55. The first-order chi connectivity index (χ1) is 14.4. The van der Waals surface area contributed by atoms with Crippen LogP contribution in [-0.2, 0) is 17.3 Å². The number of aromatic nitrogens is 3. The van der Waals surface area contributed by atoms with Crippen LogP contribution in [0.1, 0.15) is 29.3 Å². The molecule has 30 heavy (non-hydrogen) atoms. The smallest absolute Gasteiger partial charge is 0.379 e. The quantitative estimate of drug-likeness (QED) is 0.677. The van der Waals surface area contributed by atoms with Crippen molar-refractivity contribution >= 4 is 16.9 Å². The van der Waals surface area contributed by atoms with Crippen LogP contribution in [0.25, 0.3) is 11.0 Å². The predicted molar refractivity (Wildman–Crippen MR) is 106 cm³/mol. The van der Waals surface area contributed by atoms with E-state index in [1.54, 1.807) is 7.11 Å². The summed E-state index contributed by atoms with van der Waals surface area (Å²) >= 11 is 0. The Morgan fingerprint density at radius 3 is 2.77 bits per heavy atom. The van der Waals surface area contributed by atoms with E-state index in [2.05, 4.69) is 37.3 Å². The molecule has 3 aromatic rings. The number of halogens is 3. The van der Waals surface area contributed by atoms with Gasteiger partial charge in [0, 0.05) is 26.2 Å². The Kier molecular flexibility index (Phi) is 4.67. The standard InChI is InChI=1S/C21H22F3N5O/c1-30-13-9-29(10-13)16-7-6-12-4-2-3-5-14(12)18(16)28-20-15-8-17(21(22,23)24)27-19(15)25-11-26-20/h2-5,8,11,13,16,18H,6-7,9-10H2,1H3,(H2,25,26,27,28). The Morgan fingerprint density at radius 2 is 2.00 bits per heavy atom. The predicted octanol–water partition coefficient (Wildman–Crippen LogP) is 3.78. The molecule has 0 spiro atoms. The van der Waals surface area contributed by atoms with Crippen molar-refractivity contribution in [3.8, 4) is 0 Å². The van der Waals surface area contributed by atoms with Gasteiger partial charge in [-0.15, -0.1) is 0 Å². The first kappa shape index (κ1) is 19.3. The maximum Gasteiger partial charge on any atom is 0.431 e. The highest BCUT2D eigenvalue weighted by Crippen LogP contribution is 2.39. The fourth-order valence-corrected chi connectivity index (χ4v) is 4.55. The van der Waals surface area contributed by atoms with Crippen LogP contribution in [0.2, 0.25) is 0 Å². The van der Waals surface area contributed by atoms with Gasteiger partial charge in [0.25, 0.3) is 0 Å². The number of ether oxygens (including phenoxy) is 1. The molecular formula is C21H22F3N5O. The Morgan fingerprint density at radius 1 is 1.20 bits per heavy atom. The lowest BCUT2D eigenvalue weighted by atomic mass is 9.82. The first-order valence-corrected chi connectivity index (χ1v) is 9.96. The summed E-state index contributed by atoms with van der Waals surface area (Å²) in [5.41, 5.74) is 1.76. The zero-order chi connectivity index (χ0) is 20.9. The molecule has 1 aliphatic carbocycles. The Bertz CT molecular complexity index is 1060.